The van der Waals surface area contributed by atoms with E-state index < -0.39 is 12.0 Å². The summed E-state index contributed by atoms with van der Waals surface area (Å²) in [5.41, 5.74) is 2.04. The number of alkyl halides is 2. The molecule has 0 aliphatic rings. The van der Waals surface area contributed by atoms with Gasteiger partial charge in [-0.05, 0) is 13.0 Å². The maximum Gasteiger partial charge on any atom is 0.281 e. The van der Waals surface area contributed by atoms with Gasteiger partial charge in [0.1, 0.15) is 6.33 Å². The second kappa shape index (κ2) is 5.28. The highest BCUT2D eigenvalue weighted by molar-refractivity contribution is 5.58. The van der Waals surface area contributed by atoms with E-state index in [9.17, 15) is 8.78 Å². The predicted molar refractivity (Wildman–Crippen MR) is 74.7 cm³/mol. The van der Waals surface area contributed by atoms with Gasteiger partial charge < -0.3 is 4.74 Å². The number of aromatic nitrogens is 5. The van der Waals surface area contributed by atoms with Gasteiger partial charge in [0.2, 0.25) is 5.88 Å². The summed E-state index contributed by atoms with van der Waals surface area (Å²) in [5, 5.41) is 7.64. The van der Waals surface area contributed by atoms with Crippen molar-refractivity contribution in [2.45, 2.75) is 25.9 Å². The molecule has 0 bridgehead atoms. The normalized spacial score (nSPS) is 13.3. The highest BCUT2D eigenvalue weighted by Gasteiger charge is 2.32. The number of ether oxygens (including phenoxy) is 1. The van der Waals surface area contributed by atoms with Crippen LogP contribution in [0.2, 0.25) is 0 Å². The monoisotopic (exact) mass is 305 g/mol. The summed E-state index contributed by atoms with van der Waals surface area (Å²) in [5.74, 6) is -2.79. The highest BCUT2D eigenvalue weighted by Crippen LogP contribution is 2.23. The number of hydrogen-bond acceptors (Lipinski definition) is 5. The zero-order valence-electron chi connectivity index (χ0n) is 11.9. The van der Waals surface area contributed by atoms with Crippen molar-refractivity contribution in [2.24, 2.45) is 0 Å². The van der Waals surface area contributed by atoms with Crippen molar-refractivity contribution in [1.29, 1.82) is 0 Å². The van der Waals surface area contributed by atoms with E-state index in [2.05, 4.69) is 20.2 Å². The van der Waals surface area contributed by atoms with Gasteiger partial charge in [-0.1, -0.05) is 0 Å². The van der Waals surface area contributed by atoms with Crippen molar-refractivity contribution < 1.29 is 13.5 Å². The molecule has 0 radical (unpaired) electrons. The maximum absolute atomic E-state index is 13.1. The van der Waals surface area contributed by atoms with E-state index in [1.54, 1.807) is 29.2 Å². The zero-order valence-corrected chi connectivity index (χ0v) is 11.9. The molecule has 114 valence electrons. The molecule has 0 saturated carbocycles. The Hall–Kier alpha value is -2.64. The summed E-state index contributed by atoms with van der Waals surface area (Å²) in [6, 6.07) is 3.25. The summed E-state index contributed by atoms with van der Waals surface area (Å²) in [7, 11) is 0. The molecular formula is C14H13F2N5O. The van der Waals surface area contributed by atoms with E-state index in [0.29, 0.717) is 11.3 Å². The number of rotatable bonds is 4. The molecule has 3 aromatic rings. The van der Waals surface area contributed by atoms with Gasteiger partial charge in [0.05, 0.1) is 11.9 Å². The van der Waals surface area contributed by atoms with Gasteiger partial charge in [0, 0.05) is 30.9 Å². The molecule has 3 rings (SSSR count). The molecule has 3 aromatic heterocycles. The molecule has 1 atom stereocenters. The van der Waals surface area contributed by atoms with Crippen LogP contribution >= 0.6 is 0 Å². The minimum Gasteiger partial charge on any atom is -0.468 e. The smallest absolute Gasteiger partial charge is 0.281 e. The van der Waals surface area contributed by atoms with Crippen molar-refractivity contribution in [1.82, 2.24) is 24.6 Å². The van der Waals surface area contributed by atoms with Crippen LogP contribution in [0.3, 0.4) is 0 Å². The first-order chi connectivity index (χ1) is 10.4. The van der Waals surface area contributed by atoms with Crippen LogP contribution in [0, 0.1) is 0 Å². The third-order valence-corrected chi connectivity index (χ3v) is 3.22. The minimum absolute atomic E-state index is 0.142. The third-order valence-electron chi connectivity index (χ3n) is 3.22. The third kappa shape index (κ3) is 2.85. The van der Waals surface area contributed by atoms with E-state index in [0.717, 1.165) is 12.5 Å². The van der Waals surface area contributed by atoms with Gasteiger partial charge in [-0.25, -0.2) is 13.8 Å². The molecule has 6 nitrogen and oxygen atoms in total. The van der Waals surface area contributed by atoms with Gasteiger partial charge in [-0.15, -0.1) is 10.2 Å². The molecule has 0 saturated heterocycles. The summed E-state index contributed by atoms with van der Waals surface area (Å²) in [4.78, 5) is 8.30. The van der Waals surface area contributed by atoms with Gasteiger partial charge in [0.25, 0.3) is 5.92 Å². The number of halogens is 2. The Bertz CT molecular complexity index is 782. The fraction of sp³-hybridized carbons (Fsp3) is 0.286. The molecule has 0 unspecified atom stereocenters. The number of hydrogen-bond donors (Lipinski definition) is 0. The average molecular weight is 305 g/mol. The lowest BCUT2D eigenvalue weighted by Crippen LogP contribution is -2.32. The van der Waals surface area contributed by atoms with Crippen molar-refractivity contribution in [3.8, 4) is 17.1 Å². The fourth-order valence-corrected chi connectivity index (χ4v) is 1.77. The van der Waals surface area contributed by atoms with Crippen molar-refractivity contribution in [2.75, 3.05) is 0 Å². The van der Waals surface area contributed by atoms with Crippen molar-refractivity contribution >= 4 is 5.65 Å². The number of pyridine rings is 1. The molecule has 0 aliphatic carbocycles. The van der Waals surface area contributed by atoms with Gasteiger partial charge in [-0.2, -0.15) is 0 Å². The van der Waals surface area contributed by atoms with Crippen LogP contribution in [-0.4, -0.2) is 36.6 Å². The molecule has 3 heterocycles. The lowest BCUT2D eigenvalue weighted by molar-refractivity contribution is -0.0732. The first-order valence-corrected chi connectivity index (χ1v) is 6.60. The Morgan fingerprint density at radius 2 is 2.05 bits per heavy atom. The van der Waals surface area contributed by atoms with Crippen LogP contribution in [0.5, 0.6) is 5.88 Å². The first-order valence-electron chi connectivity index (χ1n) is 6.60. The SMILES string of the molecule is C[C@H](Oc1ccc(-c2cn3cnnc3cn2)cn1)C(C)(F)F. The van der Waals surface area contributed by atoms with Crippen LogP contribution in [0.4, 0.5) is 8.78 Å². The molecule has 0 aromatic carbocycles. The second-order valence-corrected chi connectivity index (χ2v) is 4.97. The van der Waals surface area contributed by atoms with Crippen molar-refractivity contribution in [3.05, 3.63) is 37.1 Å². The fourth-order valence-electron chi connectivity index (χ4n) is 1.77. The van der Waals surface area contributed by atoms with E-state index in [-0.39, 0.29) is 5.88 Å². The Labute approximate surface area is 124 Å². The standard InChI is InChI=1S/C14H13F2N5O/c1-9(14(2,15)16)22-13-4-3-10(5-18-13)11-7-21-8-19-20-12(21)6-17-11/h3-9H,1-2H3/t9-/m0/s1. The largest absolute Gasteiger partial charge is 0.468 e. The minimum atomic E-state index is -2.93. The number of nitrogens with zero attached hydrogens (tertiary/aromatic N) is 5. The number of fused-ring (bicyclic) bond motifs is 1. The van der Waals surface area contributed by atoms with E-state index in [4.69, 9.17) is 4.74 Å². The Kier molecular flexibility index (Phi) is 3.44. The zero-order chi connectivity index (χ0) is 15.7. The summed E-state index contributed by atoms with van der Waals surface area (Å²) in [6.07, 6.45) is 5.19. The molecule has 22 heavy (non-hydrogen) atoms. The summed E-state index contributed by atoms with van der Waals surface area (Å²) in [6.45, 7) is 2.11. The Morgan fingerprint density at radius 1 is 1.23 bits per heavy atom. The van der Waals surface area contributed by atoms with Crippen LogP contribution in [0.25, 0.3) is 16.9 Å². The van der Waals surface area contributed by atoms with E-state index in [1.807, 2.05) is 0 Å². The van der Waals surface area contributed by atoms with Gasteiger partial charge >= 0.3 is 0 Å². The first kappa shape index (κ1) is 14.3. The molecule has 0 spiro atoms. The topological polar surface area (TPSA) is 65.2 Å². The second-order valence-electron chi connectivity index (χ2n) is 4.97. The average Bonchev–Trinajstić information content (AvgIpc) is 2.94. The van der Waals surface area contributed by atoms with Crippen LogP contribution in [-0.2, 0) is 0 Å². The van der Waals surface area contributed by atoms with Crippen molar-refractivity contribution in [3.63, 3.8) is 0 Å². The molecule has 0 fully saturated rings. The van der Waals surface area contributed by atoms with Gasteiger partial charge in [0.15, 0.2) is 11.8 Å². The molecule has 0 amide bonds. The maximum atomic E-state index is 13.1. The summed E-state index contributed by atoms with van der Waals surface area (Å²) < 4.78 is 33.0. The van der Waals surface area contributed by atoms with E-state index >= 15 is 0 Å². The lowest BCUT2D eigenvalue weighted by atomic mass is 10.2. The quantitative estimate of drug-likeness (QED) is 0.741. The lowest BCUT2D eigenvalue weighted by Gasteiger charge is -2.20. The van der Waals surface area contributed by atoms with Crippen LogP contribution in [0.1, 0.15) is 13.8 Å². The van der Waals surface area contributed by atoms with Gasteiger partial charge in [-0.3, -0.25) is 9.38 Å². The molecular weight excluding hydrogens is 292 g/mol. The molecule has 0 N–H and O–H groups in total. The summed E-state index contributed by atoms with van der Waals surface area (Å²) >= 11 is 0. The highest BCUT2D eigenvalue weighted by atomic mass is 19.3. The Balaban J connectivity index is 1.81. The van der Waals surface area contributed by atoms with Crippen LogP contribution < -0.4 is 4.74 Å². The predicted octanol–water partition coefficient (Wildman–Crippen LogP) is 2.61. The van der Waals surface area contributed by atoms with E-state index in [1.165, 1.54) is 19.2 Å². The molecule has 8 heteroatoms. The Morgan fingerprint density at radius 3 is 2.73 bits per heavy atom. The molecule has 0 aliphatic heterocycles. The van der Waals surface area contributed by atoms with Crippen LogP contribution in [0.15, 0.2) is 37.1 Å².